The highest BCUT2D eigenvalue weighted by Crippen LogP contribution is 2.30. The van der Waals surface area contributed by atoms with Gasteiger partial charge in [0.15, 0.2) is 0 Å². The Balaban J connectivity index is 1.97. The van der Waals surface area contributed by atoms with Gasteiger partial charge in [0.2, 0.25) is 0 Å². The molecule has 1 N–H and O–H groups in total. The van der Waals surface area contributed by atoms with Crippen LogP contribution in [0.5, 0.6) is 0 Å². The van der Waals surface area contributed by atoms with Gasteiger partial charge in [0.25, 0.3) is 0 Å². The molecule has 86 valence electrons. The van der Waals surface area contributed by atoms with Crippen LogP contribution < -0.4 is 5.32 Å². The molecule has 1 aliphatic carbocycles. The van der Waals surface area contributed by atoms with Crippen molar-refractivity contribution >= 4 is 0 Å². The van der Waals surface area contributed by atoms with Gasteiger partial charge in [-0.1, -0.05) is 6.42 Å². The minimum absolute atomic E-state index is 0.723. The number of nitrogens with zero attached hydrogens (tertiary/aromatic N) is 1. The number of aryl methyl sites for hydroxylation is 1. The number of hydrogen-bond donors (Lipinski definition) is 1. The Morgan fingerprint density at radius 1 is 1.12 bits per heavy atom. The number of rotatable bonds is 1. The molecule has 0 saturated carbocycles. The quantitative estimate of drug-likeness (QED) is 0.729. The molecule has 3 rings (SSSR count). The summed E-state index contributed by atoms with van der Waals surface area (Å²) in [6, 6.07) is 0. The summed E-state index contributed by atoms with van der Waals surface area (Å²) >= 11 is 0. The summed E-state index contributed by atoms with van der Waals surface area (Å²) in [6.07, 6.45) is 12.1. The standard InChI is InChI=1S/C14H20N2/c1-2-4-11-9-16-10-14(13(11)5-3-1)12-6-7-15-8-12/h9-10,12,15H,1-8H2. The largest absolute Gasteiger partial charge is 0.316 e. The van der Waals surface area contributed by atoms with E-state index in [0.29, 0.717) is 0 Å². The number of nitrogens with one attached hydrogen (secondary N) is 1. The van der Waals surface area contributed by atoms with Gasteiger partial charge in [-0.15, -0.1) is 0 Å². The van der Waals surface area contributed by atoms with E-state index in [1.54, 1.807) is 11.1 Å². The third-order valence-corrected chi connectivity index (χ3v) is 4.05. The molecule has 1 aromatic heterocycles. The molecule has 1 aliphatic heterocycles. The minimum Gasteiger partial charge on any atom is -0.316 e. The first-order valence-corrected chi connectivity index (χ1v) is 6.61. The van der Waals surface area contributed by atoms with E-state index < -0.39 is 0 Å². The minimum atomic E-state index is 0.723. The fraction of sp³-hybridized carbons (Fsp3) is 0.643. The predicted molar refractivity (Wildman–Crippen MR) is 65.7 cm³/mol. The van der Waals surface area contributed by atoms with Crippen LogP contribution in [0, 0.1) is 0 Å². The lowest BCUT2D eigenvalue weighted by atomic mass is 9.90. The smallest absolute Gasteiger partial charge is 0.0306 e. The zero-order chi connectivity index (χ0) is 10.8. The Labute approximate surface area is 97.5 Å². The monoisotopic (exact) mass is 216 g/mol. The van der Waals surface area contributed by atoms with Gasteiger partial charge in [-0.25, -0.2) is 0 Å². The van der Waals surface area contributed by atoms with Crippen molar-refractivity contribution in [2.75, 3.05) is 13.1 Å². The summed E-state index contributed by atoms with van der Waals surface area (Å²) in [5, 5.41) is 3.47. The Bertz CT molecular complexity index is 367. The summed E-state index contributed by atoms with van der Waals surface area (Å²) in [6.45, 7) is 2.33. The number of fused-ring (bicyclic) bond motifs is 1. The van der Waals surface area contributed by atoms with Crippen molar-refractivity contribution in [3.05, 3.63) is 29.1 Å². The van der Waals surface area contributed by atoms with Crippen molar-refractivity contribution in [1.82, 2.24) is 10.3 Å². The van der Waals surface area contributed by atoms with Gasteiger partial charge in [-0.3, -0.25) is 4.98 Å². The van der Waals surface area contributed by atoms with E-state index in [4.69, 9.17) is 0 Å². The summed E-state index contributed by atoms with van der Waals surface area (Å²) in [7, 11) is 0. The fourth-order valence-corrected chi connectivity index (χ4v) is 3.14. The van der Waals surface area contributed by atoms with Gasteiger partial charge in [0.1, 0.15) is 0 Å². The van der Waals surface area contributed by atoms with Gasteiger partial charge >= 0.3 is 0 Å². The molecule has 0 spiro atoms. The third-order valence-electron chi connectivity index (χ3n) is 4.05. The molecule has 1 saturated heterocycles. The number of hydrogen-bond acceptors (Lipinski definition) is 2. The first-order valence-electron chi connectivity index (χ1n) is 6.61. The number of pyridine rings is 1. The van der Waals surface area contributed by atoms with Crippen LogP contribution in [0.25, 0.3) is 0 Å². The average Bonchev–Trinajstić information content (AvgIpc) is 2.73. The molecule has 2 heteroatoms. The summed E-state index contributed by atoms with van der Waals surface area (Å²) in [5.41, 5.74) is 4.72. The molecule has 0 bridgehead atoms. The van der Waals surface area contributed by atoms with E-state index in [1.807, 2.05) is 0 Å². The summed E-state index contributed by atoms with van der Waals surface area (Å²) in [5.74, 6) is 0.723. The van der Waals surface area contributed by atoms with E-state index >= 15 is 0 Å². The van der Waals surface area contributed by atoms with Crippen molar-refractivity contribution in [1.29, 1.82) is 0 Å². The van der Waals surface area contributed by atoms with Crippen molar-refractivity contribution in [3.8, 4) is 0 Å². The molecule has 1 fully saturated rings. The first kappa shape index (κ1) is 10.3. The van der Waals surface area contributed by atoms with E-state index in [-0.39, 0.29) is 0 Å². The van der Waals surface area contributed by atoms with Crippen LogP contribution in [0.15, 0.2) is 12.4 Å². The van der Waals surface area contributed by atoms with Crippen LogP contribution in [0.4, 0.5) is 0 Å². The molecule has 2 aliphatic rings. The molecule has 16 heavy (non-hydrogen) atoms. The maximum absolute atomic E-state index is 4.46. The second-order valence-corrected chi connectivity index (χ2v) is 5.12. The van der Waals surface area contributed by atoms with Crippen LogP contribution in [-0.2, 0) is 12.8 Å². The van der Waals surface area contributed by atoms with Crippen LogP contribution in [0.2, 0.25) is 0 Å². The fourth-order valence-electron chi connectivity index (χ4n) is 3.14. The maximum Gasteiger partial charge on any atom is 0.0306 e. The lowest BCUT2D eigenvalue weighted by Crippen LogP contribution is -2.10. The van der Waals surface area contributed by atoms with Gasteiger partial charge in [-0.05, 0) is 61.3 Å². The highest BCUT2D eigenvalue weighted by molar-refractivity contribution is 5.36. The normalized spacial score (nSPS) is 25.1. The van der Waals surface area contributed by atoms with Gasteiger partial charge < -0.3 is 5.32 Å². The summed E-state index contributed by atoms with van der Waals surface area (Å²) < 4.78 is 0. The molecule has 2 heterocycles. The topological polar surface area (TPSA) is 24.9 Å². The van der Waals surface area contributed by atoms with E-state index in [9.17, 15) is 0 Å². The van der Waals surface area contributed by atoms with E-state index in [0.717, 1.165) is 12.5 Å². The van der Waals surface area contributed by atoms with Gasteiger partial charge in [0.05, 0.1) is 0 Å². The Hall–Kier alpha value is -0.890. The Kier molecular flexibility index (Phi) is 2.92. The SMILES string of the molecule is c1ncc(C2CCNC2)c2c1CCCCC2. The van der Waals surface area contributed by atoms with Crippen molar-refractivity contribution in [2.45, 2.75) is 44.4 Å². The van der Waals surface area contributed by atoms with Crippen molar-refractivity contribution in [2.24, 2.45) is 0 Å². The van der Waals surface area contributed by atoms with Crippen LogP contribution in [-0.4, -0.2) is 18.1 Å². The third kappa shape index (κ3) is 1.86. The zero-order valence-corrected chi connectivity index (χ0v) is 9.84. The molecule has 1 unspecified atom stereocenters. The highest BCUT2D eigenvalue weighted by Gasteiger charge is 2.22. The van der Waals surface area contributed by atoms with E-state index in [1.165, 1.54) is 50.6 Å². The second-order valence-electron chi connectivity index (χ2n) is 5.12. The molecular weight excluding hydrogens is 196 g/mol. The lowest BCUT2D eigenvalue weighted by Gasteiger charge is -2.16. The second kappa shape index (κ2) is 4.54. The van der Waals surface area contributed by atoms with Crippen molar-refractivity contribution < 1.29 is 0 Å². The number of aromatic nitrogens is 1. The average molecular weight is 216 g/mol. The zero-order valence-electron chi connectivity index (χ0n) is 9.84. The molecule has 0 aromatic carbocycles. The first-order chi connectivity index (χ1) is 7.95. The Morgan fingerprint density at radius 2 is 2.06 bits per heavy atom. The maximum atomic E-state index is 4.46. The van der Waals surface area contributed by atoms with Gasteiger partial charge in [-0.2, -0.15) is 0 Å². The van der Waals surface area contributed by atoms with E-state index in [2.05, 4.69) is 22.7 Å². The van der Waals surface area contributed by atoms with Crippen molar-refractivity contribution in [3.63, 3.8) is 0 Å². The van der Waals surface area contributed by atoms with Crippen LogP contribution in [0.1, 0.15) is 48.3 Å². The highest BCUT2D eigenvalue weighted by atomic mass is 14.9. The van der Waals surface area contributed by atoms with Crippen LogP contribution >= 0.6 is 0 Å². The van der Waals surface area contributed by atoms with Crippen LogP contribution in [0.3, 0.4) is 0 Å². The molecule has 2 nitrogen and oxygen atoms in total. The summed E-state index contributed by atoms with van der Waals surface area (Å²) in [4.78, 5) is 4.46. The molecule has 1 atom stereocenters. The Morgan fingerprint density at radius 3 is 2.94 bits per heavy atom. The molecule has 1 aromatic rings. The predicted octanol–water partition coefficient (Wildman–Crippen LogP) is 2.43. The molecule has 0 amide bonds. The molecular formula is C14H20N2. The lowest BCUT2D eigenvalue weighted by molar-refractivity contribution is 0.703. The van der Waals surface area contributed by atoms with Gasteiger partial charge in [0, 0.05) is 18.9 Å². The molecule has 0 radical (unpaired) electrons.